The molecule has 1 aliphatic rings. The van der Waals surface area contributed by atoms with Gasteiger partial charge < -0.3 is 9.73 Å². The molecule has 0 aliphatic heterocycles. The minimum absolute atomic E-state index is 0.0216. The first kappa shape index (κ1) is 21.3. The first-order valence-corrected chi connectivity index (χ1v) is 10.4. The van der Waals surface area contributed by atoms with Crippen LogP contribution in [0.5, 0.6) is 0 Å². The summed E-state index contributed by atoms with van der Waals surface area (Å²) in [6.07, 6.45) is 2.34. The summed E-state index contributed by atoms with van der Waals surface area (Å²) in [5, 5.41) is 18.3. The molecule has 1 amide bonds. The molecule has 0 unspecified atom stereocenters. The number of benzene rings is 2. The highest BCUT2D eigenvalue weighted by atomic mass is 16.6. The molecular formula is C24H24N4O4. The van der Waals surface area contributed by atoms with E-state index >= 15 is 0 Å². The molecule has 3 aromatic rings. The summed E-state index contributed by atoms with van der Waals surface area (Å²) in [5.41, 5.74) is 8.85. The molecule has 0 spiro atoms. The van der Waals surface area contributed by atoms with Crippen LogP contribution in [0, 0.1) is 30.9 Å². The van der Waals surface area contributed by atoms with E-state index in [1.54, 1.807) is 12.1 Å². The summed E-state index contributed by atoms with van der Waals surface area (Å²) < 4.78 is 5.97. The molecular weight excluding hydrogens is 408 g/mol. The van der Waals surface area contributed by atoms with Gasteiger partial charge in [0.2, 0.25) is 0 Å². The van der Waals surface area contributed by atoms with Crippen LogP contribution in [0.15, 0.2) is 52.0 Å². The maximum Gasteiger partial charge on any atom is 0.291 e. The Kier molecular flexibility index (Phi) is 5.77. The summed E-state index contributed by atoms with van der Waals surface area (Å²) in [4.78, 5) is 23.3. The van der Waals surface area contributed by atoms with Crippen molar-refractivity contribution in [1.82, 2.24) is 0 Å². The largest absolute Gasteiger partial charge is 0.455 e. The zero-order chi connectivity index (χ0) is 22.8. The number of fused-ring (bicyclic) bond motifs is 1. The number of hydrogen-bond donors (Lipinski definition) is 2. The van der Waals surface area contributed by atoms with Crippen molar-refractivity contribution in [3.8, 4) is 0 Å². The van der Waals surface area contributed by atoms with Gasteiger partial charge in [0.25, 0.3) is 11.6 Å². The molecule has 164 valence electrons. The standard InChI is InChI=1S/C24H24N4O4/c1-14-7-8-15(2)20(13-14)25-24(29)23-16(3)22-19(5-4-6-21(22)32-23)27-26-17-9-11-18(12-10-17)28(30)31/h7-13,26H,4-6H2,1-3H3,(H,25,29)/b27-19+. The number of nitro groups is 1. The van der Waals surface area contributed by atoms with Crippen LogP contribution in [-0.2, 0) is 6.42 Å². The maximum absolute atomic E-state index is 13.0. The summed E-state index contributed by atoms with van der Waals surface area (Å²) in [7, 11) is 0. The quantitative estimate of drug-likeness (QED) is 0.408. The fourth-order valence-corrected chi connectivity index (χ4v) is 3.84. The normalized spacial score (nSPS) is 14.2. The van der Waals surface area contributed by atoms with Crippen molar-refractivity contribution in [3.05, 3.63) is 86.4 Å². The monoisotopic (exact) mass is 432 g/mol. The second-order valence-electron chi connectivity index (χ2n) is 7.95. The molecule has 8 nitrogen and oxygen atoms in total. The van der Waals surface area contributed by atoms with E-state index in [1.807, 2.05) is 39.0 Å². The van der Waals surface area contributed by atoms with Crippen molar-refractivity contribution in [1.29, 1.82) is 0 Å². The highest BCUT2D eigenvalue weighted by molar-refractivity contribution is 6.09. The fourth-order valence-electron chi connectivity index (χ4n) is 3.84. The van der Waals surface area contributed by atoms with Crippen LogP contribution in [0.25, 0.3) is 0 Å². The van der Waals surface area contributed by atoms with Crippen molar-refractivity contribution in [2.24, 2.45) is 5.10 Å². The second-order valence-corrected chi connectivity index (χ2v) is 7.95. The molecule has 8 heteroatoms. The molecule has 0 saturated carbocycles. The number of carbonyl (C=O) groups is 1. The fraction of sp³-hybridized carbons (Fsp3) is 0.250. The molecule has 0 saturated heterocycles. The van der Waals surface area contributed by atoms with Gasteiger partial charge in [-0.3, -0.25) is 20.3 Å². The molecule has 1 aromatic heterocycles. The predicted molar refractivity (Wildman–Crippen MR) is 124 cm³/mol. The van der Waals surface area contributed by atoms with Crippen LogP contribution in [-0.4, -0.2) is 16.5 Å². The number of hydrazone groups is 1. The predicted octanol–water partition coefficient (Wildman–Crippen LogP) is 5.52. The number of nitrogens with one attached hydrogen (secondary N) is 2. The molecule has 32 heavy (non-hydrogen) atoms. The third kappa shape index (κ3) is 4.25. The van der Waals surface area contributed by atoms with Gasteiger partial charge in [-0.05, 0) is 62.9 Å². The van der Waals surface area contributed by atoms with E-state index in [0.29, 0.717) is 11.4 Å². The van der Waals surface area contributed by atoms with E-state index in [9.17, 15) is 14.9 Å². The molecule has 0 fully saturated rings. The average Bonchev–Trinajstić information content (AvgIpc) is 3.12. The number of non-ortho nitro benzene ring substituents is 1. The Balaban J connectivity index is 1.58. The van der Waals surface area contributed by atoms with Crippen molar-refractivity contribution in [2.75, 3.05) is 10.7 Å². The molecule has 1 aliphatic carbocycles. The van der Waals surface area contributed by atoms with Gasteiger partial charge in [-0.2, -0.15) is 5.10 Å². The van der Waals surface area contributed by atoms with Crippen LogP contribution in [0.4, 0.5) is 17.1 Å². The number of hydrogen-bond acceptors (Lipinski definition) is 6. The number of aryl methyl sites for hydroxylation is 3. The van der Waals surface area contributed by atoms with Gasteiger partial charge in [-0.15, -0.1) is 0 Å². The number of nitrogens with zero attached hydrogens (tertiary/aromatic N) is 2. The van der Waals surface area contributed by atoms with Gasteiger partial charge in [0.15, 0.2) is 5.76 Å². The number of anilines is 2. The number of amides is 1. The van der Waals surface area contributed by atoms with E-state index in [0.717, 1.165) is 58.7 Å². The zero-order valence-corrected chi connectivity index (χ0v) is 18.2. The minimum Gasteiger partial charge on any atom is -0.455 e. The summed E-state index contributed by atoms with van der Waals surface area (Å²) >= 11 is 0. The van der Waals surface area contributed by atoms with Crippen molar-refractivity contribution < 1.29 is 14.1 Å². The third-order valence-corrected chi connectivity index (χ3v) is 5.57. The van der Waals surface area contributed by atoms with E-state index < -0.39 is 4.92 Å². The summed E-state index contributed by atoms with van der Waals surface area (Å²) in [6, 6.07) is 12.0. The lowest BCUT2D eigenvalue weighted by Crippen LogP contribution is -2.15. The van der Waals surface area contributed by atoms with E-state index in [1.165, 1.54) is 12.1 Å². The molecule has 2 N–H and O–H groups in total. The first-order valence-electron chi connectivity index (χ1n) is 10.4. The molecule has 0 atom stereocenters. The van der Waals surface area contributed by atoms with E-state index in [4.69, 9.17) is 4.42 Å². The average molecular weight is 432 g/mol. The van der Waals surface area contributed by atoms with E-state index in [-0.39, 0.29) is 11.6 Å². The minimum atomic E-state index is -0.442. The lowest BCUT2D eigenvalue weighted by atomic mass is 9.93. The molecule has 1 heterocycles. The second kappa shape index (κ2) is 8.66. The Morgan fingerprint density at radius 1 is 1.09 bits per heavy atom. The van der Waals surface area contributed by atoms with Gasteiger partial charge >= 0.3 is 0 Å². The number of carbonyl (C=O) groups excluding carboxylic acids is 1. The van der Waals surface area contributed by atoms with Crippen LogP contribution >= 0.6 is 0 Å². The Bertz CT molecular complexity index is 1230. The van der Waals surface area contributed by atoms with Gasteiger partial charge in [-0.1, -0.05) is 12.1 Å². The highest BCUT2D eigenvalue weighted by Crippen LogP contribution is 2.31. The molecule has 4 rings (SSSR count). The van der Waals surface area contributed by atoms with Crippen molar-refractivity contribution >= 4 is 28.7 Å². The van der Waals surface area contributed by atoms with Crippen molar-refractivity contribution in [3.63, 3.8) is 0 Å². The zero-order valence-electron chi connectivity index (χ0n) is 18.2. The Morgan fingerprint density at radius 2 is 1.84 bits per heavy atom. The lowest BCUT2D eigenvalue weighted by molar-refractivity contribution is -0.384. The Morgan fingerprint density at radius 3 is 2.56 bits per heavy atom. The first-order chi connectivity index (χ1) is 15.3. The van der Waals surface area contributed by atoms with Crippen molar-refractivity contribution in [2.45, 2.75) is 40.0 Å². The number of nitro benzene ring substituents is 1. The van der Waals surface area contributed by atoms with Crippen LogP contribution in [0.1, 0.15) is 51.4 Å². The lowest BCUT2D eigenvalue weighted by Gasteiger charge is -2.13. The molecule has 0 bridgehead atoms. The third-order valence-electron chi connectivity index (χ3n) is 5.57. The van der Waals surface area contributed by atoms with Gasteiger partial charge in [0, 0.05) is 35.4 Å². The number of furan rings is 1. The number of rotatable bonds is 5. The Hall–Kier alpha value is -3.94. The molecule has 2 aromatic carbocycles. The van der Waals surface area contributed by atoms with Gasteiger partial charge in [0.05, 0.1) is 16.3 Å². The van der Waals surface area contributed by atoms with Gasteiger partial charge in [-0.25, -0.2) is 0 Å². The Labute approximate surface area is 185 Å². The van der Waals surface area contributed by atoms with Crippen LogP contribution in [0.3, 0.4) is 0 Å². The smallest absolute Gasteiger partial charge is 0.291 e. The SMILES string of the molecule is Cc1ccc(C)c(NC(=O)c2oc3c(c2C)/C(=N/Nc2ccc([N+](=O)[O-])cc2)CCC3)c1. The van der Waals surface area contributed by atoms with Gasteiger partial charge in [0.1, 0.15) is 5.76 Å². The maximum atomic E-state index is 13.0. The molecule has 0 radical (unpaired) electrons. The topological polar surface area (TPSA) is 110 Å². The van der Waals surface area contributed by atoms with Crippen LogP contribution < -0.4 is 10.7 Å². The summed E-state index contributed by atoms with van der Waals surface area (Å²) in [5.74, 6) is 0.762. The summed E-state index contributed by atoms with van der Waals surface area (Å²) in [6.45, 7) is 5.80. The highest BCUT2D eigenvalue weighted by Gasteiger charge is 2.28. The van der Waals surface area contributed by atoms with Crippen LogP contribution in [0.2, 0.25) is 0 Å². The van der Waals surface area contributed by atoms with E-state index in [2.05, 4.69) is 15.8 Å².